The third kappa shape index (κ3) is 3.37. The van der Waals surface area contributed by atoms with Gasteiger partial charge in [-0.15, -0.1) is 6.42 Å². The molecule has 0 radical (unpaired) electrons. The number of nitrogens with zero attached hydrogens (tertiary/aromatic N) is 2. The van der Waals surface area contributed by atoms with Crippen molar-refractivity contribution in [2.45, 2.75) is 6.54 Å². The summed E-state index contributed by atoms with van der Waals surface area (Å²) >= 11 is 1.46. The Labute approximate surface area is 171 Å². The molecule has 0 fully saturated rings. The molecule has 0 aliphatic carbocycles. The minimum Gasteiger partial charge on any atom is -0.493 e. The molecule has 1 heterocycles. The monoisotopic (exact) mass is 402 g/mol. The van der Waals surface area contributed by atoms with Gasteiger partial charge < -0.3 is 14.0 Å². The van der Waals surface area contributed by atoms with Gasteiger partial charge in [-0.3, -0.25) is 4.79 Å². The highest BCUT2D eigenvalue weighted by molar-refractivity contribution is 7.17. The summed E-state index contributed by atoms with van der Waals surface area (Å²) in [4.78, 5) is 17.8. The van der Waals surface area contributed by atoms with E-state index in [0.717, 1.165) is 21.0 Å². The third-order valence-electron chi connectivity index (χ3n) is 4.65. The van der Waals surface area contributed by atoms with Gasteiger partial charge in [-0.1, -0.05) is 47.6 Å². The molecular formula is C23H18N2O3S. The van der Waals surface area contributed by atoms with Crippen molar-refractivity contribution in [2.75, 3.05) is 14.2 Å². The van der Waals surface area contributed by atoms with Crippen LogP contribution in [0.4, 0.5) is 0 Å². The smallest absolute Gasteiger partial charge is 0.279 e. The van der Waals surface area contributed by atoms with Crippen LogP contribution in [0.15, 0.2) is 59.6 Å². The average Bonchev–Trinajstić information content (AvgIpc) is 3.11. The van der Waals surface area contributed by atoms with Crippen LogP contribution in [0, 0.1) is 12.3 Å². The first kappa shape index (κ1) is 18.8. The highest BCUT2D eigenvalue weighted by Crippen LogP contribution is 2.29. The van der Waals surface area contributed by atoms with Gasteiger partial charge in [0.15, 0.2) is 16.3 Å². The van der Waals surface area contributed by atoms with Crippen LogP contribution in [-0.4, -0.2) is 24.7 Å². The van der Waals surface area contributed by atoms with Gasteiger partial charge in [0, 0.05) is 10.9 Å². The third-order valence-corrected chi connectivity index (χ3v) is 5.78. The van der Waals surface area contributed by atoms with E-state index in [4.69, 9.17) is 15.9 Å². The number of hydrogen-bond acceptors (Lipinski definition) is 4. The summed E-state index contributed by atoms with van der Waals surface area (Å²) in [5.74, 6) is 3.33. The standard InChI is InChI=1S/C23H18N2O3S/c1-4-13-25-18-11-9-15-7-5-6-8-17(15)21(18)29-23(25)24-22(26)16-10-12-19(27-2)20(14-16)28-3/h1,5-12,14H,13H2,2-3H3. The van der Waals surface area contributed by atoms with Gasteiger partial charge in [-0.05, 0) is 29.7 Å². The van der Waals surface area contributed by atoms with Crippen molar-refractivity contribution in [3.05, 3.63) is 65.0 Å². The lowest BCUT2D eigenvalue weighted by molar-refractivity contribution is 0.0997. The van der Waals surface area contributed by atoms with Gasteiger partial charge in [0.25, 0.3) is 5.91 Å². The molecule has 144 valence electrons. The van der Waals surface area contributed by atoms with Crippen molar-refractivity contribution in [1.29, 1.82) is 0 Å². The molecule has 4 rings (SSSR count). The topological polar surface area (TPSA) is 52.8 Å². The summed E-state index contributed by atoms with van der Waals surface area (Å²) in [5.41, 5.74) is 1.38. The second-order valence-corrected chi connectivity index (χ2v) is 7.27. The molecule has 0 N–H and O–H groups in total. The van der Waals surface area contributed by atoms with E-state index < -0.39 is 0 Å². The lowest BCUT2D eigenvalue weighted by Gasteiger charge is -2.07. The first-order valence-corrected chi connectivity index (χ1v) is 9.73. The van der Waals surface area contributed by atoms with Crippen molar-refractivity contribution in [1.82, 2.24) is 4.57 Å². The molecule has 3 aromatic carbocycles. The Morgan fingerprint density at radius 2 is 1.90 bits per heavy atom. The number of methoxy groups -OCH3 is 2. The number of fused-ring (bicyclic) bond motifs is 3. The lowest BCUT2D eigenvalue weighted by Crippen LogP contribution is -2.16. The Balaban J connectivity index is 1.89. The molecule has 0 aliphatic rings. The number of hydrogen-bond donors (Lipinski definition) is 0. The van der Waals surface area contributed by atoms with Crippen LogP contribution < -0.4 is 14.3 Å². The number of amides is 1. The van der Waals surface area contributed by atoms with E-state index in [0.29, 0.717) is 28.4 Å². The summed E-state index contributed by atoms with van der Waals surface area (Å²) < 4.78 is 13.5. The largest absolute Gasteiger partial charge is 0.493 e. The predicted molar refractivity (Wildman–Crippen MR) is 116 cm³/mol. The highest BCUT2D eigenvalue weighted by atomic mass is 32.1. The zero-order valence-corrected chi connectivity index (χ0v) is 16.8. The maximum absolute atomic E-state index is 12.9. The Morgan fingerprint density at radius 3 is 2.66 bits per heavy atom. The second kappa shape index (κ2) is 7.82. The number of thiazole rings is 1. The SMILES string of the molecule is C#CCn1c(=NC(=O)c2ccc(OC)c(OC)c2)sc2c3ccccc3ccc21. The molecule has 29 heavy (non-hydrogen) atoms. The molecular weight excluding hydrogens is 384 g/mol. The van der Waals surface area contributed by atoms with Crippen molar-refractivity contribution >= 4 is 38.2 Å². The first-order chi connectivity index (χ1) is 14.2. The van der Waals surface area contributed by atoms with E-state index in [1.165, 1.54) is 18.4 Å². The van der Waals surface area contributed by atoms with Gasteiger partial charge in [0.05, 0.1) is 31.0 Å². The molecule has 0 bridgehead atoms. The van der Waals surface area contributed by atoms with E-state index >= 15 is 0 Å². The van der Waals surface area contributed by atoms with Crippen LogP contribution in [0.2, 0.25) is 0 Å². The maximum atomic E-state index is 12.9. The Kier molecular flexibility index (Phi) is 5.07. The highest BCUT2D eigenvalue weighted by Gasteiger charge is 2.13. The minimum absolute atomic E-state index is 0.330. The van der Waals surface area contributed by atoms with E-state index in [1.54, 1.807) is 25.3 Å². The van der Waals surface area contributed by atoms with Gasteiger partial charge in [0.1, 0.15) is 0 Å². The van der Waals surface area contributed by atoms with E-state index in [1.807, 2.05) is 22.8 Å². The van der Waals surface area contributed by atoms with E-state index in [9.17, 15) is 4.79 Å². The van der Waals surface area contributed by atoms with Crippen molar-refractivity contribution in [3.63, 3.8) is 0 Å². The molecule has 0 spiro atoms. The van der Waals surface area contributed by atoms with E-state index in [-0.39, 0.29) is 5.91 Å². The average molecular weight is 402 g/mol. The maximum Gasteiger partial charge on any atom is 0.279 e. The molecule has 0 saturated carbocycles. The summed E-state index contributed by atoms with van der Waals surface area (Å²) in [6.45, 7) is 0.330. The van der Waals surface area contributed by atoms with Crippen LogP contribution in [0.3, 0.4) is 0 Å². The van der Waals surface area contributed by atoms with Crippen LogP contribution >= 0.6 is 11.3 Å². The number of carbonyl (C=O) groups excluding carboxylic acids is 1. The lowest BCUT2D eigenvalue weighted by atomic mass is 10.1. The Bertz CT molecular complexity index is 1340. The van der Waals surface area contributed by atoms with Crippen LogP contribution in [0.1, 0.15) is 10.4 Å². The molecule has 0 unspecified atom stereocenters. The van der Waals surface area contributed by atoms with Crippen molar-refractivity contribution in [2.24, 2.45) is 4.99 Å². The zero-order valence-electron chi connectivity index (χ0n) is 16.0. The van der Waals surface area contributed by atoms with Crippen molar-refractivity contribution in [3.8, 4) is 23.8 Å². The summed E-state index contributed by atoms with van der Waals surface area (Å²) in [6, 6.07) is 17.2. The number of terminal acetylenes is 1. The zero-order chi connectivity index (χ0) is 20.4. The van der Waals surface area contributed by atoms with Gasteiger partial charge in [-0.2, -0.15) is 4.99 Å². The van der Waals surface area contributed by atoms with Gasteiger partial charge in [-0.25, -0.2) is 0 Å². The molecule has 4 aromatic rings. The van der Waals surface area contributed by atoms with Crippen LogP contribution in [0.25, 0.3) is 21.0 Å². The number of aromatic nitrogens is 1. The molecule has 0 aliphatic heterocycles. The van der Waals surface area contributed by atoms with Crippen molar-refractivity contribution < 1.29 is 14.3 Å². The molecule has 1 amide bonds. The summed E-state index contributed by atoms with van der Waals surface area (Å²) in [6.07, 6.45) is 5.58. The molecule has 5 nitrogen and oxygen atoms in total. The number of rotatable bonds is 4. The first-order valence-electron chi connectivity index (χ1n) is 8.92. The quantitative estimate of drug-likeness (QED) is 0.480. The van der Waals surface area contributed by atoms with E-state index in [2.05, 4.69) is 29.1 Å². The fraction of sp³-hybridized carbons (Fsp3) is 0.130. The number of ether oxygens (including phenoxy) is 2. The molecule has 6 heteroatoms. The summed E-state index contributed by atoms with van der Waals surface area (Å²) in [5, 5.41) is 2.24. The fourth-order valence-corrected chi connectivity index (χ4v) is 4.41. The second-order valence-electron chi connectivity index (χ2n) is 6.30. The van der Waals surface area contributed by atoms with Gasteiger partial charge >= 0.3 is 0 Å². The normalized spacial score (nSPS) is 11.6. The number of carbonyl (C=O) groups is 1. The van der Waals surface area contributed by atoms with Crippen LogP contribution in [-0.2, 0) is 6.54 Å². The van der Waals surface area contributed by atoms with Crippen LogP contribution in [0.5, 0.6) is 11.5 Å². The van der Waals surface area contributed by atoms with Gasteiger partial charge in [0.2, 0.25) is 0 Å². The molecule has 1 aromatic heterocycles. The Morgan fingerprint density at radius 1 is 1.10 bits per heavy atom. The predicted octanol–water partition coefficient (Wildman–Crippen LogP) is 4.25. The fourth-order valence-electron chi connectivity index (χ4n) is 3.25. The molecule has 0 saturated heterocycles. The minimum atomic E-state index is -0.368. The summed E-state index contributed by atoms with van der Waals surface area (Å²) in [7, 11) is 3.08. The molecule has 0 atom stereocenters. The Hall–Kier alpha value is -3.56. The number of benzene rings is 3.